The van der Waals surface area contributed by atoms with E-state index in [0.717, 1.165) is 49.9 Å². The van der Waals surface area contributed by atoms with Gasteiger partial charge in [0.05, 0.1) is 5.92 Å². The summed E-state index contributed by atoms with van der Waals surface area (Å²) >= 11 is 0. The van der Waals surface area contributed by atoms with E-state index < -0.39 is 0 Å². The fourth-order valence-corrected chi connectivity index (χ4v) is 4.46. The van der Waals surface area contributed by atoms with E-state index in [1.165, 1.54) is 19.3 Å². The van der Waals surface area contributed by atoms with Crippen LogP contribution in [-0.2, 0) is 4.79 Å². The number of hydrogen-bond donors (Lipinski definition) is 0. The molecule has 1 aliphatic carbocycles. The summed E-state index contributed by atoms with van der Waals surface area (Å²) in [5.41, 5.74) is 1.88. The number of carbonyl (C=O) groups is 2. The van der Waals surface area contributed by atoms with E-state index in [9.17, 15) is 9.59 Å². The molecule has 1 aromatic carbocycles. The number of rotatable bonds is 4. The Kier molecular flexibility index (Phi) is 6.33. The quantitative estimate of drug-likeness (QED) is 0.817. The van der Waals surface area contributed by atoms with Gasteiger partial charge in [0.2, 0.25) is 5.91 Å². The smallest absolute Gasteiger partial charge is 0.253 e. The van der Waals surface area contributed by atoms with Gasteiger partial charge >= 0.3 is 0 Å². The van der Waals surface area contributed by atoms with Crippen LogP contribution in [0.2, 0.25) is 0 Å². The normalized spacial score (nSPS) is 21.5. The van der Waals surface area contributed by atoms with E-state index in [1.54, 1.807) is 0 Å². The number of nitrogens with zero attached hydrogens (tertiary/aromatic N) is 2. The second-order valence-corrected chi connectivity index (χ2v) is 7.87. The van der Waals surface area contributed by atoms with Crippen LogP contribution < -0.4 is 0 Å². The number of likely N-dealkylation sites (tertiary alicyclic amines) is 1. The van der Waals surface area contributed by atoms with Crippen molar-refractivity contribution < 1.29 is 9.59 Å². The van der Waals surface area contributed by atoms with Gasteiger partial charge in [0.15, 0.2) is 0 Å². The van der Waals surface area contributed by atoms with E-state index in [1.807, 2.05) is 36.1 Å². The predicted octanol–water partition coefficient (Wildman–Crippen LogP) is 4.03. The molecule has 2 fully saturated rings. The van der Waals surface area contributed by atoms with Crippen LogP contribution in [0.5, 0.6) is 0 Å². The number of carbonyl (C=O) groups excluding carboxylic acids is 2. The van der Waals surface area contributed by atoms with Crippen molar-refractivity contribution in [3.63, 3.8) is 0 Å². The molecule has 4 heteroatoms. The Bertz CT molecular complexity index is 620. The third-order valence-electron chi connectivity index (χ3n) is 6.00. The summed E-state index contributed by atoms with van der Waals surface area (Å²) in [6.45, 7) is 6.21. The van der Waals surface area contributed by atoms with Gasteiger partial charge in [-0.2, -0.15) is 0 Å². The molecular formula is C22H32N2O2. The fraction of sp³-hybridized carbons (Fsp3) is 0.636. The van der Waals surface area contributed by atoms with Crippen molar-refractivity contribution in [2.75, 3.05) is 19.6 Å². The molecule has 1 heterocycles. The lowest BCUT2D eigenvalue weighted by atomic mass is 9.91. The molecule has 1 saturated carbocycles. The Morgan fingerprint density at radius 3 is 2.38 bits per heavy atom. The van der Waals surface area contributed by atoms with Gasteiger partial charge < -0.3 is 9.80 Å². The Morgan fingerprint density at radius 1 is 1.04 bits per heavy atom. The van der Waals surface area contributed by atoms with E-state index in [-0.39, 0.29) is 17.7 Å². The van der Waals surface area contributed by atoms with Crippen LogP contribution in [-0.4, -0.2) is 47.3 Å². The molecule has 1 unspecified atom stereocenters. The third kappa shape index (κ3) is 4.28. The molecule has 0 N–H and O–H groups in total. The topological polar surface area (TPSA) is 40.6 Å². The Hall–Kier alpha value is -1.84. The lowest BCUT2D eigenvalue weighted by molar-refractivity contribution is -0.139. The Labute approximate surface area is 157 Å². The van der Waals surface area contributed by atoms with Crippen LogP contribution >= 0.6 is 0 Å². The van der Waals surface area contributed by atoms with Gasteiger partial charge in [-0.25, -0.2) is 0 Å². The first-order chi connectivity index (χ1) is 12.6. The van der Waals surface area contributed by atoms with Gasteiger partial charge in [-0.05, 0) is 51.7 Å². The standard InChI is InChI=1S/C22H32N2O2/c1-3-24(20-9-5-4-6-10-20)22(26)19-8-7-15-23(16-19)21(25)18-13-11-17(2)12-14-18/h11-14,19-20H,3-10,15-16H2,1-2H3. The van der Waals surface area contributed by atoms with Crippen molar-refractivity contribution in [1.29, 1.82) is 0 Å². The molecule has 1 saturated heterocycles. The summed E-state index contributed by atoms with van der Waals surface area (Å²) in [6, 6.07) is 8.14. The molecule has 2 amide bonds. The summed E-state index contributed by atoms with van der Waals surface area (Å²) in [7, 11) is 0. The molecule has 1 aliphatic heterocycles. The zero-order chi connectivity index (χ0) is 18.5. The average molecular weight is 357 g/mol. The second kappa shape index (κ2) is 8.70. The fourth-order valence-electron chi connectivity index (χ4n) is 4.46. The number of aryl methyl sites for hydroxylation is 1. The summed E-state index contributed by atoms with van der Waals surface area (Å²) in [4.78, 5) is 30.0. The minimum absolute atomic E-state index is 0.0416. The molecule has 1 aromatic rings. The highest BCUT2D eigenvalue weighted by Gasteiger charge is 2.34. The van der Waals surface area contributed by atoms with Crippen molar-refractivity contribution >= 4 is 11.8 Å². The number of amides is 2. The van der Waals surface area contributed by atoms with Crippen molar-refractivity contribution in [1.82, 2.24) is 9.80 Å². The molecule has 0 aromatic heterocycles. The van der Waals surface area contributed by atoms with Gasteiger partial charge in [-0.1, -0.05) is 37.0 Å². The van der Waals surface area contributed by atoms with Crippen LogP contribution in [0.15, 0.2) is 24.3 Å². The minimum atomic E-state index is -0.0416. The zero-order valence-electron chi connectivity index (χ0n) is 16.2. The maximum absolute atomic E-state index is 13.2. The van der Waals surface area contributed by atoms with Crippen LogP contribution in [0.1, 0.15) is 67.8 Å². The number of benzene rings is 1. The largest absolute Gasteiger partial charge is 0.340 e. The third-order valence-corrected chi connectivity index (χ3v) is 6.00. The highest BCUT2D eigenvalue weighted by molar-refractivity contribution is 5.94. The molecule has 4 nitrogen and oxygen atoms in total. The number of piperidine rings is 1. The summed E-state index contributed by atoms with van der Waals surface area (Å²) in [6.07, 6.45) is 7.85. The van der Waals surface area contributed by atoms with Gasteiger partial charge in [-0.3, -0.25) is 9.59 Å². The average Bonchev–Trinajstić information content (AvgIpc) is 2.69. The second-order valence-electron chi connectivity index (χ2n) is 7.87. The molecular weight excluding hydrogens is 324 g/mol. The molecule has 0 bridgehead atoms. The highest BCUT2D eigenvalue weighted by Crippen LogP contribution is 2.27. The molecule has 3 rings (SSSR count). The maximum Gasteiger partial charge on any atom is 0.253 e. The Balaban J connectivity index is 1.65. The van der Waals surface area contributed by atoms with Crippen LogP contribution in [0.25, 0.3) is 0 Å². The SMILES string of the molecule is CCN(C(=O)C1CCCN(C(=O)c2ccc(C)cc2)C1)C1CCCCC1. The van der Waals surface area contributed by atoms with E-state index in [4.69, 9.17) is 0 Å². The van der Waals surface area contributed by atoms with Gasteiger partial charge in [0, 0.05) is 31.2 Å². The summed E-state index contributed by atoms with van der Waals surface area (Å²) in [5.74, 6) is 0.282. The molecule has 26 heavy (non-hydrogen) atoms. The summed E-state index contributed by atoms with van der Waals surface area (Å²) < 4.78 is 0. The maximum atomic E-state index is 13.2. The lowest BCUT2D eigenvalue weighted by Crippen LogP contribution is -2.50. The first-order valence-corrected chi connectivity index (χ1v) is 10.3. The summed E-state index contributed by atoms with van der Waals surface area (Å²) in [5, 5.41) is 0. The predicted molar refractivity (Wildman–Crippen MR) is 104 cm³/mol. The minimum Gasteiger partial charge on any atom is -0.340 e. The van der Waals surface area contributed by atoms with E-state index >= 15 is 0 Å². The molecule has 1 atom stereocenters. The van der Waals surface area contributed by atoms with Crippen LogP contribution in [0, 0.1) is 12.8 Å². The van der Waals surface area contributed by atoms with E-state index in [0.29, 0.717) is 12.6 Å². The Morgan fingerprint density at radius 2 is 1.73 bits per heavy atom. The van der Waals surface area contributed by atoms with E-state index in [2.05, 4.69) is 11.8 Å². The van der Waals surface area contributed by atoms with Crippen molar-refractivity contribution in [3.8, 4) is 0 Å². The van der Waals surface area contributed by atoms with Gasteiger partial charge in [0.25, 0.3) is 5.91 Å². The van der Waals surface area contributed by atoms with Crippen molar-refractivity contribution in [2.45, 2.75) is 64.8 Å². The highest BCUT2D eigenvalue weighted by atomic mass is 16.2. The first-order valence-electron chi connectivity index (χ1n) is 10.3. The first kappa shape index (κ1) is 18.9. The monoisotopic (exact) mass is 356 g/mol. The van der Waals surface area contributed by atoms with Crippen LogP contribution in [0.4, 0.5) is 0 Å². The lowest BCUT2D eigenvalue weighted by Gasteiger charge is -2.39. The van der Waals surface area contributed by atoms with Crippen molar-refractivity contribution in [3.05, 3.63) is 35.4 Å². The molecule has 142 valence electrons. The number of hydrogen-bond acceptors (Lipinski definition) is 2. The molecule has 0 radical (unpaired) electrons. The van der Waals surface area contributed by atoms with Gasteiger partial charge in [0.1, 0.15) is 0 Å². The van der Waals surface area contributed by atoms with Gasteiger partial charge in [-0.15, -0.1) is 0 Å². The molecule has 2 aliphatic rings. The zero-order valence-corrected chi connectivity index (χ0v) is 16.2. The molecule has 0 spiro atoms. The van der Waals surface area contributed by atoms with Crippen molar-refractivity contribution in [2.24, 2.45) is 5.92 Å². The van der Waals surface area contributed by atoms with Crippen LogP contribution in [0.3, 0.4) is 0 Å².